The number of amides is 1. The van der Waals surface area contributed by atoms with Gasteiger partial charge in [0.1, 0.15) is 0 Å². The van der Waals surface area contributed by atoms with Crippen LogP contribution in [0.2, 0.25) is 0 Å². The van der Waals surface area contributed by atoms with Crippen molar-refractivity contribution in [3.63, 3.8) is 0 Å². The number of hydrogen-bond donors (Lipinski definition) is 2. The van der Waals surface area contributed by atoms with Crippen LogP contribution in [0.25, 0.3) is 0 Å². The van der Waals surface area contributed by atoms with Crippen LogP contribution in [-0.2, 0) is 15.6 Å². The third kappa shape index (κ3) is 3.52. The van der Waals surface area contributed by atoms with Crippen molar-refractivity contribution in [1.29, 1.82) is 0 Å². The Bertz CT molecular complexity index is 299. The summed E-state index contributed by atoms with van der Waals surface area (Å²) in [6.45, 7) is 3.10. The number of piperidine rings is 1. The topological polar surface area (TPSA) is 58.2 Å². The second kappa shape index (κ2) is 5.96. The van der Waals surface area contributed by atoms with Crippen LogP contribution < -0.4 is 10.6 Å². The molecule has 2 fully saturated rings. The van der Waals surface area contributed by atoms with E-state index < -0.39 is 10.8 Å². The van der Waals surface area contributed by atoms with Crippen LogP contribution in [0.5, 0.6) is 0 Å². The largest absolute Gasteiger partial charge is 0.353 e. The first-order valence-electron chi connectivity index (χ1n) is 6.55. The highest BCUT2D eigenvalue weighted by Crippen LogP contribution is 2.18. The Morgan fingerprint density at radius 1 is 1.29 bits per heavy atom. The van der Waals surface area contributed by atoms with Gasteiger partial charge in [0.25, 0.3) is 0 Å². The van der Waals surface area contributed by atoms with Gasteiger partial charge in [0.05, 0.1) is 5.92 Å². The molecule has 0 aromatic rings. The predicted octanol–water partition coefficient (Wildman–Crippen LogP) is 0.402. The summed E-state index contributed by atoms with van der Waals surface area (Å²) in [6, 6.07) is 0.524. The minimum atomic E-state index is -0.651. The van der Waals surface area contributed by atoms with E-state index in [1.54, 1.807) is 0 Å². The highest BCUT2D eigenvalue weighted by Gasteiger charge is 2.29. The Kier molecular flexibility index (Phi) is 4.56. The third-order valence-corrected chi connectivity index (χ3v) is 5.21. The Balaban J connectivity index is 1.81. The predicted molar refractivity (Wildman–Crippen MR) is 69.2 cm³/mol. The average Bonchev–Trinajstić information content (AvgIpc) is 2.32. The lowest BCUT2D eigenvalue weighted by Crippen LogP contribution is -2.50. The maximum absolute atomic E-state index is 12.1. The van der Waals surface area contributed by atoms with Gasteiger partial charge in [-0.05, 0) is 39.2 Å². The maximum Gasteiger partial charge on any atom is 0.224 e. The second-order valence-corrected chi connectivity index (χ2v) is 6.82. The Morgan fingerprint density at radius 2 is 2.00 bits per heavy atom. The molecule has 98 valence electrons. The monoisotopic (exact) mass is 258 g/mol. The Labute approximate surface area is 105 Å². The van der Waals surface area contributed by atoms with Crippen LogP contribution in [0.3, 0.4) is 0 Å². The minimum absolute atomic E-state index is 0.108. The van der Waals surface area contributed by atoms with E-state index >= 15 is 0 Å². The van der Waals surface area contributed by atoms with Gasteiger partial charge in [-0.1, -0.05) is 0 Å². The van der Waals surface area contributed by atoms with E-state index in [0.29, 0.717) is 0 Å². The summed E-state index contributed by atoms with van der Waals surface area (Å²) in [7, 11) is -0.651. The first-order valence-corrected chi connectivity index (χ1v) is 8.04. The lowest BCUT2D eigenvalue weighted by molar-refractivity contribution is -0.127. The molecule has 2 unspecified atom stereocenters. The molecule has 0 aliphatic carbocycles. The van der Waals surface area contributed by atoms with Crippen molar-refractivity contribution in [2.24, 2.45) is 5.92 Å². The third-order valence-electron chi connectivity index (χ3n) is 3.83. The maximum atomic E-state index is 12.1. The van der Waals surface area contributed by atoms with E-state index in [-0.39, 0.29) is 23.9 Å². The average molecular weight is 258 g/mol. The van der Waals surface area contributed by atoms with Gasteiger partial charge in [0.2, 0.25) is 5.91 Å². The first-order chi connectivity index (χ1) is 8.16. The fraction of sp³-hybridized carbons (Fsp3) is 0.917. The number of hydrogen-bond acceptors (Lipinski definition) is 3. The molecule has 0 aromatic carbocycles. The molecule has 0 saturated carbocycles. The molecule has 17 heavy (non-hydrogen) atoms. The van der Waals surface area contributed by atoms with E-state index in [4.69, 9.17) is 0 Å². The van der Waals surface area contributed by atoms with Gasteiger partial charge in [0.15, 0.2) is 0 Å². The van der Waals surface area contributed by atoms with Crippen LogP contribution in [0, 0.1) is 5.92 Å². The van der Waals surface area contributed by atoms with E-state index in [1.807, 2.05) is 0 Å². The molecule has 2 N–H and O–H groups in total. The summed E-state index contributed by atoms with van der Waals surface area (Å²) < 4.78 is 11.2. The standard InChI is InChI=1S/C12H22N2O2S/c1-9-11(3-2-6-13-9)12(15)14-10-4-7-17(16)8-5-10/h9-11,13H,2-8H2,1H3,(H,14,15). The molecule has 0 radical (unpaired) electrons. The zero-order valence-electron chi connectivity index (χ0n) is 10.4. The smallest absolute Gasteiger partial charge is 0.224 e. The van der Waals surface area contributed by atoms with Crippen LogP contribution in [0.1, 0.15) is 32.6 Å². The van der Waals surface area contributed by atoms with Gasteiger partial charge in [-0.15, -0.1) is 0 Å². The molecule has 2 atom stereocenters. The molecule has 2 saturated heterocycles. The summed E-state index contributed by atoms with van der Waals surface area (Å²) in [6.07, 6.45) is 3.80. The van der Waals surface area contributed by atoms with Crippen molar-refractivity contribution >= 4 is 16.7 Å². The summed E-state index contributed by atoms with van der Waals surface area (Å²) in [4.78, 5) is 12.1. The number of carbonyl (C=O) groups is 1. The normalized spacial score (nSPS) is 38.6. The van der Waals surface area contributed by atoms with Gasteiger partial charge >= 0.3 is 0 Å². The van der Waals surface area contributed by atoms with Crippen molar-refractivity contribution in [2.75, 3.05) is 18.1 Å². The van der Waals surface area contributed by atoms with E-state index in [9.17, 15) is 9.00 Å². The fourth-order valence-corrected chi connectivity index (χ4v) is 3.95. The summed E-state index contributed by atoms with van der Waals surface area (Å²) in [5, 5.41) is 6.47. The molecule has 5 heteroatoms. The van der Waals surface area contributed by atoms with Crippen molar-refractivity contribution < 1.29 is 9.00 Å². The molecular weight excluding hydrogens is 236 g/mol. The SMILES string of the molecule is CC1NCCCC1C(=O)NC1CCS(=O)CC1. The fourth-order valence-electron chi connectivity index (χ4n) is 2.65. The van der Waals surface area contributed by atoms with Crippen molar-refractivity contribution in [3.05, 3.63) is 0 Å². The van der Waals surface area contributed by atoms with Crippen LogP contribution >= 0.6 is 0 Å². The second-order valence-electron chi connectivity index (χ2n) is 5.12. The van der Waals surface area contributed by atoms with Crippen molar-refractivity contribution in [1.82, 2.24) is 10.6 Å². The van der Waals surface area contributed by atoms with Crippen LogP contribution in [-0.4, -0.2) is 40.3 Å². The van der Waals surface area contributed by atoms with Gasteiger partial charge < -0.3 is 10.6 Å². The van der Waals surface area contributed by atoms with Crippen LogP contribution in [0.15, 0.2) is 0 Å². The number of rotatable bonds is 2. The molecule has 1 amide bonds. The molecule has 2 aliphatic heterocycles. The van der Waals surface area contributed by atoms with E-state index in [1.165, 1.54) is 0 Å². The first kappa shape index (κ1) is 13.0. The zero-order valence-corrected chi connectivity index (χ0v) is 11.2. The van der Waals surface area contributed by atoms with Gasteiger partial charge in [-0.25, -0.2) is 0 Å². The van der Waals surface area contributed by atoms with E-state index in [2.05, 4.69) is 17.6 Å². The molecule has 2 rings (SSSR count). The lowest BCUT2D eigenvalue weighted by Gasteiger charge is -2.31. The number of carbonyl (C=O) groups excluding carboxylic acids is 1. The van der Waals surface area contributed by atoms with Crippen LogP contribution in [0.4, 0.5) is 0 Å². The summed E-state index contributed by atoms with van der Waals surface area (Å²) in [5.41, 5.74) is 0. The molecule has 0 bridgehead atoms. The molecule has 0 aromatic heterocycles. The molecule has 2 heterocycles. The van der Waals surface area contributed by atoms with Crippen molar-refractivity contribution in [2.45, 2.75) is 44.7 Å². The molecule has 2 aliphatic rings. The molecular formula is C12H22N2O2S. The minimum Gasteiger partial charge on any atom is -0.353 e. The summed E-state index contributed by atoms with van der Waals surface area (Å²) in [5.74, 6) is 1.77. The zero-order chi connectivity index (χ0) is 12.3. The lowest BCUT2D eigenvalue weighted by atomic mass is 9.91. The van der Waals surface area contributed by atoms with E-state index in [0.717, 1.165) is 43.7 Å². The molecule has 4 nitrogen and oxygen atoms in total. The number of nitrogens with one attached hydrogen (secondary N) is 2. The summed E-state index contributed by atoms with van der Waals surface area (Å²) >= 11 is 0. The highest BCUT2D eigenvalue weighted by atomic mass is 32.2. The Morgan fingerprint density at radius 3 is 2.65 bits per heavy atom. The quantitative estimate of drug-likeness (QED) is 0.754. The Hall–Kier alpha value is -0.420. The van der Waals surface area contributed by atoms with Gasteiger partial charge in [-0.2, -0.15) is 0 Å². The van der Waals surface area contributed by atoms with Gasteiger partial charge in [0, 0.05) is 34.4 Å². The van der Waals surface area contributed by atoms with Crippen molar-refractivity contribution in [3.8, 4) is 0 Å². The van der Waals surface area contributed by atoms with Gasteiger partial charge in [-0.3, -0.25) is 9.00 Å². The molecule has 0 spiro atoms. The highest BCUT2D eigenvalue weighted by molar-refractivity contribution is 7.85.